The van der Waals surface area contributed by atoms with Crippen LogP contribution in [0.15, 0.2) is 72.8 Å². The van der Waals surface area contributed by atoms with Crippen LogP contribution in [0.5, 0.6) is 5.75 Å². The van der Waals surface area contributed by atoms with E-state index in [9.17, 15) is 9.59 Å². The normalized spacial score (nSPS) is 17.1. The Morgan fingerprint density at radius 2 is 1.66 bits per heavy atom. The fourth-order valence-electron chi connectivity index (χ4n) is 4.94. The molecule has 5 nitrogen and oxygen atoms in total. The highest BCUT2D eigenvalue weighted by molar-refractivity contribution is 6.07. The number of benzene rings is 3. The van der Waals surface area contributed by atoms with Crippen LogP contribution in [0.25, 0.3) is 0 Å². The van der Waals surface area contributed by atoms with Crippen molar-refractivity contribution in [3.05, 3.63) is 89.5 Å². The second kappa shape index (κ2) is 10.3. The second-order valence-corrected chi connectivity index (χ2v) is 9.43. The lowest BCUT2D eigenvalue weighted by molar-refractivity contribution is -0.117. The Morgan fingerprint density at radius 3 is 2.26 bits per heavy atom. The Balaban J connectivity index is 1.70. The molecule has 0 fully saturated rings. The third-order valence-corrected chi connectivity index (χ3v) is 6.68. The summed E-state index contributed by atoms with van der Waals surface area (Å²) >= 11 is 0. The zero-order chi connectivity index (χ0) is 25.1. The average Bonchev–Trinajstić information content (AvgIpc) is 2.84. The number of amides is 2. The molecule has 3 aromatic carbocycles. The van der Waals surface area contributed by atoms with E-state index in [-0.39, 0.29) is 23.9 Å². The summed E-state index contributed by atoms with van der Waals surface area (Å²) in [6.45, 7) is 10.5. The minimum absolute atomic E-state index is 0.0133. The van der Waals surface area contributed by atoms with Gasteiger partial charge in [-0.25, -0.2) is 0 Å². The van der Waals surface area contributed by atoms with E-state index < -0.39 is 0 Å². The van der Waals surface area contributed by atoms with Crippen molar-refractivity contribution in [3.8, 4) is 5.75 Å². The summed E-state index contributed by atoms with van der Waals surface area (Å²) < 4.78 is 5.53. The summed E-state index contributed by atoms with van der Waals surface area (Å²) in [6, 6.07) is 23.2. The molecule has 1 heterocycles. The first-order valence-corrected chi connectivity index (χ1v) is 12.4. The highest BCUT2D eigenvalue weighted by Gasteiger charge is 2.38. The van der Waals surface area contributed by atoms with Gasteiger partial charge < -0.3 is 14.5 Å². The van der Waals surface area contributed by atoms with E-state index in [0.29, 0.717) is 24.5 Å². The van der Waals surface area contributed by atoms with Crippen LogP contribution in [0.1, 0.15) is 74.5 Å². The number of anilines is 2. The molecule has 0 aromatic heterocycles. The molecule has 35 heavy (non-hydrogen) atoms. The fraction of sp³-hybridized carbons (Fsp3) is 0.333. The molecule has 1 aliphatic heterocycles. The quantitative estimate of drug-likeness (QED) is 0.401. The Kier molecular flexibility index (Phi) is 7.25. The summed E-state index contributed by atoms with van der Waals surface area (Å²) in [5, 5.41) is 0. The molecular weight excluding hydrogens is 436 g/mol. The van der Waals surface area contributed by atoms with Crippen molar-refractivity contribution >= 4 is 23.2 Å². The van der Waals surface area contributed by atoms with E-state index in [1.165, 1.54) is 5.56 Å². The average molecular weight is 471 g/mol. The van der Waals surface area contributed by atoms with E-state index in [2.05, 4.69) is 32.9 Å². The van der Waals surface area contributed by atoms with E-state index in [1.807, 2.05) is 77.4 Å². The first-order valence-electron chi connectivity index (χ1n) is 12.4. The third-order valence-electron chi connectivity index (χ3n) is 6.68. The number of carbonyl (C=O) groups excluding carboxylic acids is 2. The summed E-state index contributed by atoms with van der Waals surface area (Å²) in [5.41, 5.74) is 4.55. The zero-order valence-electron chi connectivity index (χ0n) is 21.2. The molecule has 0 saturated carbocycles. The number of nitrogens with zero attached hydrogens (tertiary/aromatic N) is 2. The van der Waals surface area contributed by atoms with Crippen molar-refractivity contribution in [3.63, 3.8) is 0 Å². The molecule has 182 valence electrons. The number of fused-ring (bicyclic) bond motifs is 1. The van der Waals surface area contributed by atoms with Crippen LogP contribution >= 0.6 is 0 Å². The van der Waals surface area contributed by atoms with Gasteiger partial charge in [0.1, 0.15) is 5.75 Å². The number of rotatable bonds is 6. The molecule has 0 bridgehead atoms. The van der Waals surface area contributed by atoms with Gasteiger partial charge in [0.2, 0.25) is 5.91 Å². The Bertz CT molecular complexity index is 1180. The number of hydrogen-bond donors (Lipinski definition) is 0. The molecule has 3 aromatic rings. The number of hydrogen-bond acceptors (Lipinski definition) is 3. The van der Waals surface area contributed by atoms with E-state index in [1.54, 1.807) is 6.92 Å². The molecule has 2 atom stereocenters. The van der Waals surface area contributed by atoms with Crippen molar-refractivity contribution in [2.75, 3.05) is 16.4 Å². The van der Waals surface area contributed by atoms with Gasteiger partial charge in [-0.1, -0.05) is 44.2 Å². The Hall–Kier alpha value is -3.60. The maximum atomic E-state index is 13.6. The number of para-hydroxylation sites is 1. The zero-order valence-corrected chi connectivity index (χ0v) is 21.2. The predicted molar refractivity (Wildman–Crippen MR) is 141 cm³/mol. The largest absolute Gasteiger partial charge is 0.494 e. The SMILES string of the molecule is CCOc1ccc(C(=O)N2c3ccccc3[C@H](N(C(C)=O)c3ccc(C(C)C)cc3)C[C@@H]2C)cc1. The lowest BCUT2D eigenvalue weighted by Crippen LogP contribution is -2.47. The third kappa shape index (κ3) is 4.95. The van der Waals surface area contributed by atoms with Gasteiger partial charge in [-0.2, -0.15) is 0 Å². The summed E-state index contributed by atoms with van der Waals surface area (Å²) in [7, 11) is 0. The topological polar surface area (TPSA) is 49.9 Å². The van der Waals surface area contributed by atoms with Gasteiger partial charge in [-0.05, 0) is 79.8 Å². The first kappa shape index (κ1) is 24.5. The van der Waals surface area contributed by atoms with Gasteiger partial charge >= 0.3 is 0 Å². The maximum Gasteiger partial charge on any atom is 0.258 e. The van der Waals surface area contributed by atoms with Gasteiger partial charge in [-0.15, -0.1) is 0 Å². The molecule has 4 rings (SSSR count). The van der Waals surface area contributed by atoms with Crippen molar-refractivity contribution in [2.24, 2.45) is 0 Å². The van der Waals surface area contributed by atoms with Crippen LogP contribution in [0.4, 0.5) is 11.4 Å². The van der Waals surface area contributed by atoms with Crippen LogP contribution in [0, 0.1) is 0 Å². The van der Waals surface area contributed by atoms with Gasteiger partial charge in [0.25, 0.3) is 5.91 Å². The van der Waals surface area contributed by atoms with Crippen LogP contribution < -0.4 is 14.5 Å². The van der Waals surface area contributed by atoms with Gasteiger partial charge in [-0.3, -0.25) is 9.59 Å². The maximum absolute atomic E-state index is 13.6. The Morgan fingerprint density at radius 1 is 1.00 bits per heavy atom. The standard InChI is InChI=1S/C30H34N2O3/c1-6-35-26-17-13-24(14-18-26)30(34)31-21(4)19-29(27-9-7-8-10-28(27)31)32(22(5)33)25-15-11-23(12-16-25)20(2)3/h7-18,20-21,29H,6,19H2,1-5H3/t21-,29+/m0/s1. The molecule has 0 radical (unpaired) electrons. The van der Waals surface area contributed by atoms with Crippen molar-refractivity contribution in [1.82, 2.24) is 0 Å². The molecular formula is C30H34N2O3. The highest BCUT2D eigenvalue weighted by atomic mass is 16.5. The van der Waals surface area contributed by atoms with Gasteiger partial charge in [0, 0.05) is 29.9 Å². The molecule has 0 N–H and O–H groups in total. The van der Waals surface area contributed by atoms with Crippen molar-refractivity contribution < 1.29 is 14.3 Å². The van der Waals surface area contributed by atoms with Crippen LogP contribution in [0.3, 0.4) is 0 Å². The minimum Gasteiger partial charge on any atom is -0.494 e. The molecule has 0 spiro atoms. The molecule has 1 aliphatic rings. The molecule has 2 amide bonds. The molecule has 5 heteroatoms. The highest BCUT2D eigenvalue weighted by Crippen LogP contribution is 2.43. The van der Waals surface area contributed by atoms with Crippen LogP contribution in [-0.4, -0.2) is 24.5 Å². The summed E-state index contributed by atoms with van der Waals surface area (Å²) in [5.74, 6) is 1.10. The van der Waals surface area contributed by atoms with E-state index in [4.69, 9.17) is 4.74 Å². The fourth-order valence-corrected chi connectivity index (χ4v) is 4.94. The number of carbonyl (C=O) groups is 2. The number of ether oxygens (including phenoxy) is 1. The van der Waals surface area contributed by atoms with Gasteiger partial charge in [0.15, 0.2) is 0 Å². The van der Waals surface area contributed by atoms with Crippen molar-refractivity contribution in [1.29, 1.82) is 0 Å². The smallest absolute Gasteiger partial charge is 0.258 e. The summed E-state index contributed by atoms with van der Waals surface area (Å²) in [6.07, 6.45) is 0.644. The van der Waals surface area contributed by atoms with Crippen LogP contribution in [-0.2, 0) is 4.79 Å². The summed E-state index contributed by atoms with van der Waals surface area (Å²) in [4.78, 5) is 30.3. The molecule has 0 saturated heterocycles. The lowest BCUT2D eigenvalue weighted by Gasteiger charge is -2.43. The monoisotopic (exact) mass is 470 g/mol. The van der Waals surface area contributed by atoms with Gasteiger partial charge in [0.05, 0.1) is 12.6 Å². The molecule has 0 unspecified atom stereocenters. The minimum atomic E-state index is -0.159. The van der Waals surface area contributed by atoms with Crippen molar-refractivity contribution in [2.45, 2.75) is 59.0 Å². The van der Waals surface area contributed by atoms with E-state index in [0.717, 1.165) is 22.7 Å². The second-order valence-electron chi connectivity index (χ2n) is 9.43. The van der Waals surface area contributed by atoms with E-state index >= 15 is 0 Å². The van der Waals surface area contributed by atoms with Crippen LogP contribution in [0.2, 0.25) is 0 Å². The lowest BCUT2D eigenvalue weighted by atomic mass is 9.89. The predicted octanol–water partition coefficient (Wildman–Crippen LogP) is 6.74. The first-order chi connectivity index (χ1) is 16.8. The Labute approximate surface area is 208 Å². The molecule has 0 aliphatic carbocycles.